The van der Waals surface area contributed by atoms with Crippen molar-refractivity contribution in [2.24, 2.45) is 0 Å². The lowest BCUT2D eigenvalue weighted by molar-refractivity contribution is 1.07. The molecular formula is C48H39N3Si. The van der Waals surface area contributed by atoms with Gasteiger partial charge in [-0.1, -0.05) is 195 Å². The first kappa shape index (κ1) is 32.9. The van der Waals surface area contributed by atoms with Crippen LogP contribution in [0.25, 0.3) is 78.7 Å². The molecule has 0 saturated heterocycles. The van der Waals surface area contributed by atoms with Crippen molar-refractivity contribution in [1.29, 1.82) is 0 Å². The van der Waals surface area contributed by atoms with Crippen LogP contribution in [0.5, 0.6) is 0 Å². The van der Waals surface area contributed by atoms with Gasteiger partial charge in [0.05, 0.1) is 8.07 Å². The molecule has 0 aliphatic heterocycles. The van der Waals surface area contributed by atoms with Gasteiger partial charge < -0.3 is 0 Å². The van der Waals surface area contributed by atoms with Crippen LogP contribution in [0.3, 0.4) is 0 Å². The molecule has 0 fully saturated rings. The van der Waals surface area contributed by atoms with Crippen molar-refractivity contribution >= 4 is 13.3 Å². The van der Waals surface area contributed by atoms with Crippen LogP contribution in [0.2, 0.25) is 19.6 Å². The number of hydrogen-bond donors (Lipinski definition) is 0. The number of hydrogen-bond acceptors (Lipinski definition) is 3. The van der Waals surface area contributed by atoms with Gasteiger partial charge in [-0.2, -0.15) is 0 Å². The minimum atomic E-state index is -1.36. The summed E-state index contributed by atoms with van der Waals surface area (Å²) >= 11 is 0. The highest BCUT2D eigenvalue weighted by Crippen LogP contribution is 2.34. The molecule has 52 heavy (non-hydrogen) atoms. The van der Waals surface area contributed by atoms with Crippen LogP contribution < -0.4 is 5.19 Å². The zero-order chi connectivity index (χ0) is 35.5. The minimum Gasteiger partial charge on any atom is -0.208 e. The summed E-state index contributed by atoms with van der Waals surface area (Å²) < 4.78 is 0. The third kappa shape index (κ3) is 7.02. The molecule has 1 heterocycles. The van der Waals surface area contributed by atoms with E-state index in [-0.39, 0.29) is 0 Å². The Morgan fingerprint density at radius 1 is 0.288 bits per heavy atom. The Hall–Kier alpha value is -6.23. The second-order valence-electron chi connectivity index (χ2n) is 14.2. The van der Waals surface area contributed by atoms with Crippen molar-refractivity contribution in [3.05, 3.63) is 182 Å². The van der Waals surface area contributed by atoms with Gasteiger partial charge in [0, 0.05) is 16.7 Å². The minimum absolute atomic E-state index is 0.634. The lowest BCUT2D eigenvalue weighted by Gasteiger charge is -2.17. The predicted octanol–water partition coefficient (Wildman–Crippen LogP) is 12.1. The molecule has 0 radical (unpaired) electrons. The van der Waals surface area contributed by atoms with Crippen LogP contribution in [0, 0.1) is 0 Å². The first-order chi connectivity index (χ1) is 25.4. The van der Waals surface area contributed by atoms with Crippen LogP contribution in [0.4, 0.5) is 0 Å². The standard InChI is InChI=1S/C48H39N3Si/c1-52(2,3)43-30-28-36(29-31-43)39-18-12-19-40(32-39)41-20-13-21-42(33-41)47-49-46(38-26-24-35(25-27-38)34-14-6-4-7-15-34)50-48(51-47)45-23-11-10-22-44(45)37-16-8-5-9-17-37/h4-33H,1-3H3. The van der Waals surface area contributed by atoms with Crippen molar-refractivity contribution in [1.82, 2.24) is 15.0 Å². The molecule has 0 atom stereocenters. The fraction of sp³-hybridized carbons (Fsp3) is 0.0625. The third-order valence-electron chi connectivity index (χ3n) is 9.54. The lowest BCUT2D eigenvalue weighted by Crippen LogP contribution is -2.37. The summed E-state index contributed by atoms with van der Waals surface area (Å²) in [6.07, 6.45) is 0. The van der Waals surface area contributed by atoms with E-state index in [2.05, 4.69) is 183 Å². The highest BCUT2D eigenvalue weighted by Gasteiger charge is 2.18. The Kier molecular flexibility index (Phi) is 8.98. The van der Waals surface area contributed by atoms with Gasteiger partial charge in [0.1, 0.15) is 0 Å². The molecule has 8 aromatic rings. The van der Waals surface area contributed by atoms with Crippen molar-refractivity contribution in [3.8, 4) is 78.7 Å². The molecule has 0 saturated carbocycles. The third-order valence-corrected chi connectivity index (χ3v) is 11.6. The Morgan fingerprint density at radius 3 is 1.29 bits per heavy atom. The normalized spacial score (nSPS) is 11.4. The molecule has 0 aliphatic rings. The molecule has 8 rings (SSSR count). The van der Waals surface area contributed by atoms with Gasteiger partial charge in [0.25, 0.3) is 0 Å². The molecule has 1 aromatic heterocycles. The van der Waals surface area contributed by atoms with Crippen LogP contribution in [0.15, 0.2) is 182 Å². The van der Waals surface area contributed by atoms with E-state index in [1.807, 2.05) is 18.2 Å². The SMILES string of the molecule is C[Si](C)(C)c1ccc(-c2cccc(-c3cccc(-c4nc(-c5ccc(-c6ccccc6)cc5)nc(-c5ccccc5-c5ccccc5)n4)c3)c2)cc1. The van der Waals surface area contributed by atoms with Crippen molar-refractivity contribution in [2.45, 2.75) is 19.6 Å². The summed E-state index contributed by atoms with van der Waals surface area (Å²) in [6.45, 7) is 7.16. The topological polar surface area (TPSA) is 38.7 Å². The molecule has 0 aliphatic carbocycles. The van der Waals surface area contributed by atoms with E-state index >= 15 is 0 Å². The van der Waals surface area contributed by atoms with E-state index < -0.39 is 8.07 Å². The molecule has 0 N–H and O–H groups in total. The van der Waals surface area contributed by atoms with Crippen LogP contribution >= 0.6 is 0 Å². The van der Waals surface area contributed by atoms with Crippen molar-refractivity contribution < 1.29 is 0 Å². The molecule has 0 amide bonds. The Labute approximate surface area is 307 Å². The smallest absolute Gasteiger partial charge is 0.164 e. The summed E-state index contributed by atoms with van der Waals surface area (Å²) in [5.41, 5.74) is 12.0. The molecule has 7 aromatic carbocycles. The van der Waals surface area contributed by atoms with Crippen LogP contribution in [-0.4, -0.2) is 23.0 Å². The Balaban J connectivity index is 1.21. The maximum absolute atomic E-state index is 5.16. The van der Waals surface area contributed by atoms with Gasteiger partial charge in [-0.05, 0) is 56.6 Å². The average Bonchev–Trinajstić information content (AvgIpc) is 3.21. The maximum atomic E-state index is 5.16. The zero-order valence-electron chi connectivity index (χ0n) is 29.7. The van der Waals surface area contributed by atoms with E-state index in [9.17, 15) is 0 Å². The quantitative estimate of drug-likeness (QED) is 0.149. The van der Waals surface area contributed by atoms with Gasteiger partial charge in [-0.3, -0.25) is 0 Å². The van der Waals surface area contributed by atoms with Crippen molar-refractivity contribution in [2.75, 3.05) is 0 Å². The number of benzene rings is 7. The molecule has 0 bridgehead atoms. The van der Waals surface area contributed by atoms with E-state index in [1.54, 1.807) is 0 Å². The molecule has 250 valence electrons. The van der Waals surface area contributed by atoms with Gasteiger partial charge in [-0.15, -0.1) is 0 Å². The fourth-order valence-electron chi connectivity index (χ4n) is 6.62. The highest BCUT2D eigenvalue weighted by atomic mass is 28.3. The maximum Gasteiger partial charge on any atom is 0.164 e. The number of aromatic nitrogens is 3. The van der Waals surface area contributed by atoms with Crippen LogP contribution in [0.1, 0.15) is 0 Å². The second kappa shape index (κ2) is 14.2. The van der Waals surface area contributed by atoms with Gasteiger partial charge in [0.2, 0.25) is 0 Å². The molecule has 0 spiro atoms. The summed E-state index contributed by atoms with van der Waals surface area (Å²) in [6, 6.07) is 64.1. The first-order valence-electron chi connectivity index (χ1n) is 17.8. The van der Waals surface area contributed by atoms with Crippen molar-refractivity contribution in [3.63, 3.8) is 0 Å². The number of nitrogens with zero attached hydrogens (tertiary/aromatic N) is 3. The fourth-order valence-corrected chi connectivity index (χ4v) is 7.79. The molecule has 4 heteroatoms. The highest BCUT2D eigenvalue weighted by molar-refractivity contribution is 6.88. The summed E-state index contributed by atoms with van der Waals surface area (Å²) in [7, 11) is -1.36. The average molecular weight is 686 g/mol. The second-order valence-corrected chi connectivity index (χ2v) is 19.2. The summed E-state index contributed by atoms with van der Waals surface area (Å²) in [5.74, 6) is 1.91. The molecular weight excluding hydrogens is 647 g/mol. The van der Waals surface area contributed by atoms with E-state index in [4.69, 9.17) is 15.0 Å². The Morgan fingerprint density at radius 2 is 0.673 bits per heavy atom. The van der Waals surface area contributed by atoms with E-state index in [0.29, 0.717) is 17.5 Å². The largest absolute Gasteiger partial charge is 0.208 e. The van der Waals surface area contributed by atoms with Gasteiger partial charge >= 0.3 is 0 Å². The summed E-state index contributed by atoms with van der Waals surface area (Å²) in [5, 5.41) is 1.47. The molecule has 0 unspecified atom stereocenters. The summed E-state index contributed by atoms with van der Waals surface area (Å²) in [4.78, 5) is 15.4. The van der Waals surface area contributed by atoms with Crippen LogP contribution in [-0.2, 0) is 0 Å². The zero-order valence-corrected chi connectivity index (χ0v) is 30.7. The Bertz CT molecular complexity index is 2470. The number of rotatable bonds is 8. The monoisotopic (exact) mass is 685 g/mol. The van der Waals surface area contributed by atoms with Gasteiger partial charge in [0.15, 0.2) is 17.5 Å². The molecule has 3 nitrogen and oxygen atoms in total. The van der Waals surface area contributed by atoms with Gasteiger partial charge in [-0.25, -0.2) is 15.0 Å². The lowest BCUT2D eigenvalue weighted by atomic mass is 9.97. The van der Waals surface area contributed by atoms with E-state index in [0.717, 1.165) is 44.5 Å². The first-order valence-corrected chi connectivity index (χ1v) is 21.3. The predicted molar refractivity (Wildman–Crippen MR) is 221 cm³/mol. The van der Waals surface area contributed by atoms with E-state index in [1.165, 1.54) is 21.9 Å².